The highest BCUT2D eigenvalue weighted by atomic mass is 16.5. The summed E-state index contributed by atoms with van der Waals surface area (Å²) >= 11 is 0. The Kier molecular flexibility index (Phi) is 57.5. The van der Waals surface area contributed by atoms with Gasteiger partial charge in [0.25, 0.3) is 0 Å². The Morgan fingerprint density at radius 3 is 1.60 bits per heavy atom. The Morgan fingerprint density at radius 2 is 1.05 bits per heavy atom. The lowest BCUT2D eigenvalue weighted by Gasteiger charge is -2.31. The molecule has 0 aliphatic carbocycles. The van der Waals surface area contributed by atoms with E-state index < -0.39 is 250 Å². The van der Waals surface area contributed by atoms with Crippen LogP contribution in [0, 0.1) is 5.41 Å². The number of ether oxygens (including phenoxy) is 2. The number of carbonyl (C=O) groups is 19. The van der Waals surface area contributed by atoms with E-state index in [0.29, 0.717) is 35.0 Å². The van der Waals surface area contributed by atoms with Gasteiger partial charge in [0.2, 0.25) is 94.5 Å². The summed E-state index contributed by atoms with van der Waals surface area (Å²) in [5.41, 5.74) is 7.02. The fourth-order valence-electron chi connectivity index (χ4n) is 15.9. The van der Waals surface area contributed by atoms with Gasteiger partial charge in [0, 0.05) is 101 Å². The number of aliphatic imine (C=N–C) groups is 1. The molecule has 16 amide bonds. The molecule has 2 fully saturated rings. The lowest BCUT2D eigenvalue weighted by molar-refractivity contribution is -0.144. The van der Waals surface area contributed by atoms with Crippen LogP contribution in [0.5, 0.6) is 0 Å². The molecule has 0 saturated carbocycles. The summed E-state index contributed by atoms with van der Waals surface area (Å²) in [6.45, 7) is -7.05. The largest absolute Gasteiger partial charge is 0.481 e. The van der Waals surface area contributed by atoms with Crippen LogP contribution in [0.2, 0.25) is 0 Å². The molecule has 3 aliphatic rings. The number of carbonyl (C=O) groups excluding carboxylic acids is 16. The van der Waals surface area contributed by atoms with Crippen molar-refractivity contribution in [3.8, 4) is 0 Å². The number of fused-ring (bicyclic) bond motifs is 1. The summed E-state index contributed by atoms with van der Waals surface area (Å²) in [7, 11) is 0. The van der Waals surface area contributed by atoms with E-state index in [9.17, 15) is 117 Å². The van der Waals surface area contributed by atoms with Crippen molar-refractivity contribution in [2.45, 2.75) is 272 Å². The van der Waals surface area contributed by atoms with E-state index >= 15 is 9.59 Å². The molecule has 4 heterocycles. The zero-order valence-corrected chi connectivity index (χ0v) is 81.0. The van der Waals surface area contributed by atoms with Gasteiger partial charge in [-0.05, 0) is 95.2 Å². The van der Waals surface area contributed by atoms with Crippen LogP contribution in [0.15, 0.2) is 47.2 Å². The second kappa shape index (κ2) is 68.3. The number of guanidine groups is 1. The number of likely N-dealkylation sites (tertiary alicyclic amines) is 1. The number of nitrogens with zero attached hydrogens (tertiary/aromatic N) is 3. The Bertz CT molecular complexity index is 4540. The molecule has 2 aromatic rings. The predicted octanol–water partition coefficient (Wildman–Crippen LogP) is -5.93. The van der Waals surface area contributed by atoms with Gasteiger partial charge in [-0.1, -0.05) is 101 Å². The van der Waals surface area contributed by atoms with Crippen LogP contribution in [-0.4, -0.2) is 371 Å². The number of aliphatic carboxylic acids is 3. The van der Waals surface area contributed by atoms with Crippen LogP contribution in [-0.2, 0) is 107 Å². The third-order valence-corrected chi connectivity index (χ3v) is 23.5. The Morgan fingerprint density at radius 1 is 0.524 bits per heavy atom. The molecule has 3 aliphatic heterocycles. The SMILES string of the molecule is CC(=O)N[C@H]1CCCCNC(=O)C[C@@H](C(=O)N2CCC[C@H]2C(=O)N[C@@H](CO)C(=O)N[C@@H](CO)C(=O)N[C@@H](CO)C(=O)N[C@@H](CCCCN(CC(=O)O)CC(=O)O)C(=O)N[C@@H](CO)C(=O)N[C@@H](CO)C(=O)NCCOCCOCCNC(=O)CCCCCCCCCCCCCCCCC(=O)O)NC(=O)[C@H](Cc2c[nH]c3ccccc23)NC(=O)[C@H](CCCNC(=N)N)NC(=O)CNC(=O)[C@H](CC2=CCC=N2)NC1=O. The number of aromatic amines is 1. The molecule has 1 aromatic heterocycles. The van der Waals surface area contributed by atoms with Crippen molar-refractivity contribution in [1.29, 1.82) is 5.41 Å². The maximum absolute atomic E-state index is 15.3. The Labute approximate surface area is 827 Å². The van der Waals surface area contributed by atoms with Crippen LogP contribution < -0.4 is 90.8 Å². The molecule has 798 valence electrons. The second-order valence-electron chi connectivity index (χ2n) is 35.0. The van der Waals surface area contributed by atoms with Crippen molar-refractivity contribution in [3.63, 3.8) is 0 Å². The monoisotopic (exact) mass is 2020 g/mol. The second-order valence-corrected chi connectivity index (χ2v) is 35.0. The highest BCUT2D eigenvalue weighted by Crippen LogP contribution is 2.24. The van der Waals surface area contributed by atoms with E-state index in [2.05, 4.69) is 95.0 Å². The summed E-state index contributed by atoms with van der Waals surface area (Å²) in [5, 5.41) is 127. The number of allylic oxidation sites excluding steroid dienone is 1. The summed E-state index contributed by atoms with van der Waals surface area (Å²) in [4.78, 5) is 267. The quantitative estimate of drug-likeness (QED) is 0.0167. The molecule has 2 saturated heterocycles. The molecular formula is C92H146N22O29. The topological polar surface area (TPSA) is 782 Å². The van der Waals surface area contributed by atoms with Gasteiger partial charge in [-0.2, -0.15) is 0 Å². The highest BCUT2D eigenvalue weighted by molar-refractivity contribution is 6.01. The number of carboxylic acids is 3. The molecule has 5 rings (SSSR count). The van der Waals surface area contributed by atoms with E-state index in [4.69, 9.17) is 25.7 Å². The molecule has 0 radical (unpaired) electrons. The number of hydrogen-bond acceptors (Lipinski definition) is 29. The lowest BCUT2D eigenvalue weighted by Crippen LogP contribution is -2.62. The summed E-state index contributed by atoms with van der Waals surface area (Å²) in [5.74, 6) is -19.8. The fraction of sp³-hybridized carbons (Fsp3) is 0.663. The van der Waals surface area contributed by atoms with Gasteiger partial charge in [-0.15, -0.1) is 0 Å². The summed E-state index contributed by atoms with van der Waals surface area (Å²) in [6, 6.07) is -13.9. The van der Waals surface area contributed by atoms with Gasteiger partial charge in [0.1, 0.15) is 72.5 Å². The Balaban J connectivity index is 1.23. The van der Waals surface area contributed by atoms with E-state index in [-0.39, 0.29) is 149 Å². The van der Waals surface area contributed by atoms with Crippen LogP contribution in [0.3, 0.4) is 0 Å². The molecule has 0 spiro atoms. The number of unbranched alkanes of at least 4 members (excludes halogenated alkanes) is 14. The third-order valence-electron chi connectivity index (χ3n) is 23.5. The van der Waals surface area contributed by atoms with Crippen molar-refractivity contribution in [2.75, 3.05) is 118 Å². The number of amides is 16. The number of aliphatic hydroxyl groups excluding tert-OH is 5. The first-order chi connectivity index (χ1) is 68.6. The van der Waals surface area contributed by atoms with Crippen molar-refractivity contribution in [3.05, 3.63) is 47.8 Å². The van der Waals surface area contributed by atoms with E-state index in [1.165, 1.54) is 32.1 Å². The average Bonchev–Trinajstić information content (AvgIpc) is 1.72. The molecular weight excluding hydrogens is 1880 g/mol. The van der Waals surface area contributed by atoms with Gasteiger partial charge in [-0.25, -0.2) is 0 Å². The predicted molar refractivity (Wildman–Crippen MR) is 513 cm³/mol. The van der Waals surface area contributed by atoms with Crippen molar-refractivity contribution in [2.24, 2.45) is 10.7 Å². The number of hydrogen-bond donors (Lipinski definition) is 27. The summed E-state index contributed by atoms with van der Waals surface area (Å²) in [6.07, 6.45) is 19.0. The molecule has 0 bridgehead atoms. The standard InChI is InChI=1S/C92H146N22O29/c1-57(120)102-62-28-18-20-34-96-75(122)47-67(107-85(135)65(45-58-48-100-61-27-17-16-26-60(58)61)105-83(133)63(30-23-36-99-92(93)94)103-76(123)49-101-80(130)66(106-82(62)132)46-59-25-22-35-95-59)91(141)114-40-24-31-73(114)90(140)112-72(56-119)89(139)111-71(55-118)88(138)110-69(53-116)86(136)104-64(29-19-21-39-113(50-78(126)127)51-79(128)129)84(134)109-70(54-117)87(137)108-68(52-115)81(131)98-38-42-143-44-43-142-41-37-97-74(121)32-14-12-10-8-6-4-2-3-5-7-9-11-13-15-33-77(124)125/h16-17,25-27,35,48,62-73,100,115-119H,2-15,18-24,28-34,36-47,49-56H2,1H3,(H,96,122)(H,97,121)(H,98,131)(H,101,130)(H,102,120)(H,103,123)(H,104,136)(H,105,133)(H,106,132)(H,107,135)(H,108,137)(H,109,134)(H,110,138)(H,111,139)(H,112,140)(H,124,125)(H,126,127)(H,128,129)(H4,93,94,99)/t62-,63-,64-,65-,66-,67-,68-,69-,70-,71-,72-,73-/m0/s1. The van der Waals surface area contributed by atoms with E-state index in [1.54, 1.807) is 42.8 Å². The number of H-pyrrole nitrogens is 1. The number of rotatable bonds is 63. The number of aromatic nitrogens is 1. The maximum atomic E-state index is 15.3. The minimum atomic E-state index is -2.09. The minimum Gasteiger partial charge on any atom is -0.481 e. The normalized spacial score (nSPS) is 18.5. The smallest absolute Gasteiger partial charge is 0.317 e. The summed E-state index contributed by atoms with van der Waals surface area (Å²) < 4.78 is 11.0. The number of para-hydroxylation sites is 1. The number of nitrogens with one attached hydrogen (secondary N) is 18. The van der Waals surface area contributed by atoms with Crippen LogP contribution >= 0.6 is 0 Å². The zero-order valence-electron chi connectivity index (χ0n) is 81.0. The highest BCUT2D eigenvalue weighted by Gasteiger charge is 2.43. The fourth-order valence-corrected chi connectivity index (χ4v) is 15.9. The zero-order chi connectivity index (χ0) is 105. The Hall–Kier alpha value is -13.0. The molecule has 12 atom stereocenters. The molecule has 28 N–H and O–H groups in total. The van der Waals surface area contributed by atoms with Gasteiger partial charge in [0.15, 0.2) is 5.96 Å². The molecule has 143 heavy (non-hydrogen) atoms. The third kappa shape index (κ3) is 47.7. The molecule has 1 aromatic carbocycles. The van der Waals surface area contributed by atoms with Crippen molar-refractivity contribution < 1.29 is 141 Å². The van der Waals surface area contributed by atoms with Gasteiger partial charge < -0.3 is 151 Å². The average molecular weight is 2020 g/mol. The first-order valence-electron chi connectivity index (χ1n) is 48.7. The van der Waals surface area contributed by atoms with E-state index in [0.717, 1.165) is 74.5 Å². The van der Waals surface area contributed by atoms with Gasteiger partial charge in [0.05, 0.1) is 85.5 Å². The van der Waals surface area contributed by atoms with Crippen LogP contribution in [0.4, 0.5) is 0 Å². The van der Waals surface area contributed by atoms with Gasteiger partial charge >= 0.3 is 17.9 Å². The number of benzene rings is 1. The first kappa shape index (κ1) is 121. The van der Waals surface area contributed by atoms with Crippen molar-refractivity contribution >= 4 is 135 Å². The van der Waals surface area contributed by atoms with Crippen LogP contribution in [0.25, 0.3) is 10.9 Å². The first-order valence-corrected chi connectivity index (χ1v) is 48.7. The lowest BCUT2D eigenvalue weighted by atomic mass is 10.0. The maximum Gasteiger partial charge on any atom is 0.317 e. The van der Waals surface area contributed by atoms with Gasteiger partial charge in [-0.3, -0.25) is 106 Å². The van der Waals surface area contributed by atoms with Crippen molar-refractivity contribution in [1.82, 2.24) is 99.9 Å². The van der Waals surface area contributed by atoms with Crippen LogP contribution in [0.1, 0.15) is 199 Å². The molecule has 51 nitrogen and oxygen atoms in total. The number of aliphatic hydroxyl groups is 5. The molecule has 0 unspecified atom stereocenters. The number of nitrogens with two attached hydrogens (primary N) is 1. The number of carboxylic acid groups (broad SMARTS) is 3. The molecule has 51 heteroatoms. The minimum absolute atomic E-state index is 0.00701. The van der Waals surface area contributed by atoms with E-state index in [1.807, 2.05) is 0 Å².